The monoisotopic (exact) mass is 360 g/mol. The smallest absolute Gasteiger partial charge is 0.295 e. The molecule has 2 nitrogen and oxygen atoms in total. The summed E-state index contributed by atoms with van der Waals surface area (Å²) in [6.45, 7) is 0. The fourth-order valence-corrected chi connectivity index (χ4v) is 3.72. The van der Waals surface area contributed by atoms with Gasteiger partial charge < -0.3 is 4.57 Å². The SMILES string of the molecule is FC(F)c1nccn1C(c1ccccc1)(c1ccccc1)c1ccccc1. The highest BCUT2D eigenvalue weighted by Crippen LogP contribution is 2.42. The van der Waals surface area contributed by atoms with Crippen LogP contribution in [0.15, 0.2) is 103 Å². The number of benzene rings is 3. The standard InChI is InChI=1S/C23H18F2N2/c24-21(25)22-26-16-17-27(22)23(18-10-4-1-5-11-18,19-12-6-2-7-13-19)20-14-8-3-9-15-20/h1-17,21H. The average molecular weight is 360 g/mol. The number of alkyl halides is 2. The average Bonchev–Trinajstić information content (AvgIpc) is 3.22. The van der Waals surface area contributed by atoms with E-state index >= 15 is 0 Å². The third-order valence-electron chi connectivity index (χ3n) is 4.80. The Labute approximate surface area is 156 Å². The van der Waals surface area contributed by atoms with Crippen LogP contribution in [0.4, 0.5) is 8.78 Å². The van der Waals surface area contributed by atoms with Crippen LogP contribution >= 0.6 is 0 Å². The van der Waals surface area contributed by atoms with Crippen molar-refractivity contribution in [3.05, 3.63) is 126 Å². The van der Waals surface area contributed by atoms with Crippen LogP contribution in [0.3, 0.4) is 0 Å². The Morgan fingerprint density at radius 2 is 1.07 bits per heavy atom. The van der Waals surface area contributed by atoms with Crippen molar-refractivity contribution in [1.29, 1.82) is 0 Å². The first-order chi connectivity index (χ1) is 13.2. The zero-order valence-corrected chi connectivity index (χ0v) is 14.5. The van der Waals surface area contributed by atoms with Gasteiger partial charge in [-0.3, -0.25) is 0 Å². The molecule has 0 aliphatic rings. The highest BCUT2D eigenvalue weighted by molar-refractivity contribution is 5.51. The van der Waals surface area contributed by atoms with Crippen molar-refractivity contribution in [1.82, 2.24) is 9.55 Å². The molecule has 1 aromatic heterocycles. The van der Waals surface area contributed by atoms with E-state index in [-0.39, 0.29) is 5.82 Å². The largest absolute Gasteiger partial charge is 0.312 e. The highest BCUT2D eigenvalue weighted by Gasteiger charge is 2.40. The molecule has 1 heterocycles. The molecule has 0 fully saturated rings. The second-order valence-electron chi connectivity index (χ2n) is 6.26. The lowest BCUT2D eigenvalue weighted by atomic mass is 9.76. The normalized spacial score (nSPS) is 11.7. The maximum atomic E-state index is 13.9. The van der Waals surface area contributed by atoms with Gasteiger partial charge in [0.05, 0.1) is 0 Å². The van der Waals surface area contributed by atoms with E-state index in [1.165, 1.54) is 6.20 Å². The van der Waals surface area contributed by atoms with Crippen LogP contribution in [-0.4, -0.2) is 9.55 Å². The summed E-state index contributed by atoms with van der Waals surface area (Å²) in [6.07, 6.45) is 0.384. The van der Waals surface area contributed by atoms with Crippen molar-refractivity contribution in [2.75, 3.05) is 0 Å². The third kappa shape index (κ3) is 2.83. The van der Waals surface area contributed by atoms with Gasteiger partial charge in [-0.1, -0.05) is 91.0 Å². The molecule has 0 saturated heterocycles. The lowest BCUT2D eigenvalue weighted by Gasteiger charge is -2.38. The number of imidazole rings is 1. The molecule has 0 unspecified atom stereocenters. The molecule has 0 N–H and O–H groups in total. The minimum Gasteiger partial charge on any atom is -0.312 e. The quantitative estimate of drug-likeness (QED) is 0.420. The summed E-state index contributed by atoms with van der Waals surface area (Å²) in [7, 11) is 0. The molecule has 0 saturated carbocycles. The van der Waals surface area contributed by atoms with Crippen LogP contribution in [0.1, 0.15) is 28.9 Å². The molecule has 0 radical (unpaired) electrons. The maximum Gasteiger partial charge on any atom is 0.295 e. The molecule has 0 aliphatic heterocycles. The molecule has 27 heavy (non-hydrogen) atoms. The number of halogens is 2. The first-order valence-corrected chi connectivity index (χ1v) is 8.73. The summed E-state index contributed by atoms with van der Waals surface area (Å²) in [5.74, 6) is -0.258. The fourth-order valence-electron chi connectivity index (χ4n) is 3.72. The molecule has 0 amide bonds. The van der Waals surface area contributed by atoms with Crippen LogP contribution in [0, 0.1) is 0 Å². The summed E-state index contributed by atoms with van der Waals surface area (Å²) >= 11 is 0. The second kappa shape index (κ2) is 7.16. The minimum atomic E-state index is -2.68. The van der Waals surface area contributed by atoms with Crippen molar-refractivity contribution < 1.29 is 8.78 Å². The lowest BCUT2D eigenvalue weighted by molar-refractivity contribution is 0.132. The van der Waals surface area contributed by atoms with Gasteiger partial charge in [-0.05, 0) is 16.7 Å². The summed E-state index contributed by atoms with van der Waals surface area (Å²) < 4.78 is 29.3. The number of hydrogen-bond acceptors (Lipinski definition) is 1. The van der Waals surface area contributed by atoms with E-state index in [9.17, 15) is 8.78 Å². The van der Waals surface area contributed by atoms with Crippen molar-refractivity contribution in [3.8, 4) is 0 Å². The van der Waals surface area contributed by atoms with Gasteiger partial charge in [-0.2, -0.15) is 0 Å². The zero-order chi connectivity index (χ0) is 18.7. The number of hydrogen-bond donors (Lipinski definition) is 0. The second-order valence-corrected chi connectivity index (χ2v) is 6.26. The molecular formula is C23H18F2N2. The Morgan fingerprint density at radius 1 is 0.667 bits per heavy atom. The Morgan fingerprint density at radius 3 is 1.44 bits per heavy atom. The molecule has 0 atom stereocenters. The maximum absolute atomic E-state index is 13.9. The van der Waals surface area contributed by atoms with Crippen LogP contribution in [0.5, 0.6) is 0 Å². The van der Waals surface area contributed by atoms with Gasteiger partial charge in [-0.15, -0.1) is 0 Å². The van der Waals surface area contributed by atoms with Crippen LogP contribution in [-0.2, 0) is 5.54 Å². The fraction of sp³-hybridized carbons (Fsp3) is 0.0870. The zero-order valence-electron chi connectivity index (χ0n) is 14.5. The Kier molecular flexibility index (Phi) is 4.55. The summed E-state index contributed by atoms with van der Waals surface area (Å²) in [5, 5.41) is 0. The number of nitrogens with zero attached hydrogens (tertiary/aromatic N) is 2. The topological polar surface area (TPSA) is 17.8 Å². The van der Waals surface area contributed by atoms with Gasteiger partial charge in [0.1, 0.15) is 5.54 Å². The first kappa shape index (κ1) is 17.2. The van der Waals surface area contributed by atoms with Crippen molar-refractivity contribution in [2.45, 2.75) is 12.0 Å². The summed E-state index contributed by atoms with van der Waals surface area (Å²) in [5.41, 5.74) is 1.72. The Hall–Kier alpha value is -3.27. The van der Waals surface area contributed by atoms with Crippen molar-refractivity contribution in [3.63, 3.8) is 0 Å². The van der Waals surface area contributed by atoms with E-state index in [1.54, 1.807) is 10.8 Å². The van der Waals surface area contributed by atoms with Gasteiger partial charge in [0.15, 0.2) is 5.82 Å². The summed E-state index contributed by atoms with van der Waals surface area (Å²) in [4.78, 5) is 3.97. The van der Waals surface area contributed by atoms with Crippen LogP contribution in [0.2, 0.25) is 0 Å². The van der Waals surface area contributed by atoms with Crippen molar-refractivity contribution in [2.24, 2.45) is 0 Å². The van der Waals surface area contributed by atoms with Crippen molar-refractivity contribution >= 4 is 0 Å². The van der Waals surface area contributed by atoms with E-state index < -0.39 is 12.0 Å². The van der Waals surface area contributed by atoms with Gasteiger partial charge in [-0.25, -0.2) is 13.8 Å². The predicted molar refractivity (Wildman–Crippen MR) is 102 cm³/mol. The van der Waals surface area contributed by atoms with E-state index in [0.717, 1.165) is 16.7 Å². The number of rotatable bonds is 5. The molecule has 0 spiro atoms. The van der Waals surface area contributed by atoms with Gasteiger partial charge in [0.25, 0.3) is 6.43 Å². The summed E-state index contributed by atoms with van der Waals surface area (Å²) in [6, 6.07) is 29.1. The van der Waals surface area contributed by atoms with E-state index in [0.29, 0.717) is 0 Å². The lowest BCUT2D eigenvalue weighted by Crippen LogP contribution is -2.38. The predicted octanol–water partition coefficient (Wildman–Crippen LogP) is 5.66. The van der Waals surface area contributed by atoms with Gasteiger partial charge >= 0.3 is 0 Å². The van der Waals surface area contributed by atoms with Crippen LogP contribution < -0.4 is 0 Å². The molecular weight excluding hydrogens is 342 g/mol. The molecule has 134 valence electrons. The van der Waals surface area contributed by atoms with Crippen LogP contribution in [0.25, 0.3) is 0 Å². The van der Waals surface area contributed by atoms with Gasteiger partial charge in [0.2, 0.25) is 0 Å². The Bertz CT molecular complexity index is 900. The molecule has 0 aliphatic carbocycles. The van der Waals surface area contributed by atoms with E-state index in [2.05, 4.69) is 4.98 Å². The molecule has 4 rings (SSSR count). The number of aromatic nitrogens is 2. The minimum absolute atomic E-state index is 0.258. The highest BCUT2D eigenvalue weighted by atomic mass is 19.3. The van der Waals surface area contributed by atoms with E-state index in [1.807, 2.05) is 91.0 Å². The molecule has 4 heteroatoms. The third-order valence-corrected chi connectivity index (χ3v) is 4.80. The molecule has 3 aromatic carbocycles. The Balaban J connectivity index is 2.15. The van der Waals surface area contributed by atoms with E-state index in [4.69, 9.17) is 0 Å². The molecule has 0 bridgehead atoms. The van der Waals surface area contributed by atoms with Gasteiger partial charge in [0, 0.05) is 12.4 Å². The first-order valence-electron chi connectivity index (χ1n) is 8.73. The molecule has 4 aromatic rings.